The van der Waals surface area contributed by atoms with E-state index in [0.29, 0.717) is 13.0 Å². The largest absolute Gasteiger partial charge is 0.481 e. The molecular formula is C11H17ClN2O3. The number of ether oxygens (including phenoxy) is 1. The Bertz CT molecular complexity index is 381. The zero-order chi connectivity index (χ0) is 11.5. The summed E-state index contributed by atoms with van der Waals surface area (Å²) in [5, 5.41) is 9.15. The molecule has 1 saturated heterocycles. The van der Waals surface area contributed by atoms with Crippen LogP contribution in [0.4, 0.5) is 0 Å². The number of carboxylic acids is 1. The number of hydrogen-bond acceptors (Lipinski definition) is 3. The first-order chi connectivity index (χ1) is 7.74. The lowest BCUT2D eigenvalue weighted by Crippen LogP contribution is -2.30. The Morgan fingerprint density at radius 1 is 1.71 bits per heavy atom. The molecule has 0 aromatic carbocycles. The van der Waals surface area contributed by atoms with Crippen LogP contribution in [-0.4, -0.2) is 27.2 Å². The van der Waals surface area contributed by atoms with E-state index in [1.165, 1.54) is 0 Å². The van der Waals surface area contributed by atoms with Crippen LogP contribution in [0.5, 0.6) is 0 Å². The number of carbonyl (C=O) groups is 1. The van der Waals surface area contributed by atoms with Gasteiger partial charge in [0.05, 0.1) is 5.92 Å². The summed E-state index contributed by atoms with van der Waals surface area (Å²) < 4.78 is 7.51. The quantitative estimate of drug-likeness (QED) is 0.901. The molecule has 17 heavy (non-hydrogen) atoms. The van der Waals surface area contributed by atoms with Crippen LogP contribution in [-0.2, 0) is 16.1 Å². The molecule has 1 N–H and O–H groups in total. The Morgan fingerprint density at radius 3 is 3.12 bits per heavy atom. The molecule has 0 amide bonds. The van der Waals surface area contributed by atoms with Crippen LogP contribution >= 0.6 is 12.4 Å². The molecule has 1 fully saturated rings. The van der Waals surface area contributed by atoms with Gasteiger partial charge in [-0.3, -0.25) is 4.79 Å². The predicted molar refractivity (Wildman–Crippen MR) is 64.2 cm³/mol. The highest BCUT2D eigenvalue weighted by Gasteiger charge is 2.35. The molecule has 1 aromatic heterocycles. The van der Waals surface area contributed by atoms with Crippen molar-refractivity contribution in [3.8, 4) is 0 Å². The summed E-state index contributed by atoms with van der Waals surface area (Å²) >= 11 is 0. The van der Waals surface area contributed by atoms with Crippen LogP contribution in [0.25, 0.3) is 0 Å². The van der Waals surface area contributed by atoms with Crippen molar-refractivity contribution in [1.82, 2.24) is 9.55 Å². The molecule has 6 heteroatoms. The normalized spacial score (nSPS) is 24.1. The summed E-state index contributed by atoms with van der Waals surface area (Å²) in [7, 11) is 0. The fourth-order valence-electron chi connectivity index (χ4n) is 2.13. The van der Waals surface area contributed by atoms with Gasteiger partial charge in [-0.2, -0.15) is 0 Å². The topological polar surface area (TPSA) is 64.4 Å². The number of rotatable bonds is 3. The summed E-state index contributed by atoms with van der Waals surface area (Å²) in [4.78, 5) is 15.4. The van der Waals surface area contributed by atoms with Crippen molar-refractivity contribution in [2.24, 2.45) is 5.92 Å². The van der Waals surface area contributed by atoms with E-state index < -0.39 is 18.0 Å². The Kier molecular flexibility index (Phi) is 4.96. The number of carboxylic acid groups (broad SMARTS) is 1. The minimum Gasteiger partial charge on any atom is -0.481 e. The third kappa shape index (κ3) is 2.79. The average Bonchev–Trinajstić information content (AvgIpc) is 2.76. The van der Waals surface area contributed by atoms with Crippen LogP contribution in [0.3, 0.4) is 0 Å². The number of aryl methyl sites for hydroxylation is 1. The first-order valence-corrected chi connectivity index (χ1v) is 5.59. The highest BCUT2D eigenvalue weighted by molar-refractivity contribution is 5.85. The molecule has 2 atom stereocenters. The average molecular weight is 261 g/mol. The summed E-state index contributed by atoms with van der Waals surface area (Å²) in [6.45, 7) is 3.40. The fourth-order valence-corrected chi connectivity index (χ4v) is 2.13. The number of nitrogens with zero attached hydrogens (tertiary/aromatic N) is 2. The molecular weight excluding hydrogens is 244 g/mol. The zero-order valence-corrected chi connectivity index (χ0v) is 10.5. The Labute approximate surface area is 106 Å². The van der Waals surface area contributed by atoms with Gasteiger partial charge in [0, 0.05) is 25.5 Å². The van der Waals surface area contributed by atoms with Crippen molar-refractivity contribution >= 4 is 18.4 Å². The minimum absolute atomic E-state index is 0. The van der Waals surface area contributed by atoms with Gasteiger partial charge in [-0.25, -0.2) is 4.98 Å². The van der Waals surface area contributed by atoms with E-state index in [4.69, 9.17) is 9.84 Å². The van der Waals surface area contributed by atoms with Gasteiger partial charge in [-0.15, -0.1) is 12.4 Å². The molecule has 5 nitrogen and oxygen atoms in total. The molecule has 0 radical (unpaired) electrons. The summed E-state index contributed by atoms with van der Waals surface area (Å²) in [6, 6.07) is 0. The van der Waals surface area contributed by atoms with Gasteiger partial charge in [-0.1, -0.05) is 0 Å². The van der Waals surface area contributed by atoms with Crippen LogP contribution in [0.1, 0.15) is 31.7 Å². The smallest absolute Gasteiger partial charge is 0.309 e. The molecule has 96 valence electrons. The van der Waals surface area contributed by atoms with Crippen LogP contribution in [0.15, 0.2) is 12.4 Å². The Morgan fingerprint density at radius 2 is 2.47 bits per heavy atom. The van der Waals surface area contributed by atoms with Crippen molar-refractivity contribution in [3.05, 3.63) is 18.2 Å². The number of imidazole rings is 1. The van der Waals surface area contributed by atoms with Crippen LogP contribution in [0, 0.1) is 5.92 Å². The second-order valence-electron chi connectivity index (χ2n) is 3.95. The number of aliphatic carboxylic acids is 1. The van der Waals surface area contributed by atoms with Crippen molar-refractivity contribution in [1.29, 1.82) is 0 Å². The van der Waals surface area contributed by atoms with E-state index in [1.807, 2.05) is 17.7 Å². The maximum Gasteiger partial charge on any atom is 0.309 e. The van der Waals surface area contributed by atoms with Gasteiger partial charge in [0.15, 0.2) is 0 Å². The predicted octanol–water partition coefficient (Wildman–Crippen LogP) is 1.88. The lowest BCUT2D eigenvalue weighted by atomic mass is 9.94. The minimum atomic E-state index is -0.796. The maximum atomic E-state index is 11.1. The van der Waals surface area contributed by atoms with E-state index in [9.17, 15) is 4.79 Å². The molecule has 0 saturated carbocycles. The third-order valence-corrected chi connectivity index (χ3v) is 2.98. The van der Waals surface area contributed by atoms with E-state index in [2.05, 4.69) is 4.98 Å². The van der Waals surface area contributed by atoms with Gasteiger partial charge >= 0.3 is 5.97 Å². The maximum absolute atomic E-state index is 11.1. The second-order valence-corrected chi connectivity index (χ2v) is 3.95. The van der Waals surface area contributed by atoms with Crippen LogP contribution in [0.2, 0.25) is 0 Å². The van der Waals surface area contributed by atoms with Crippen molar-refractivity contribution in [3.63, 3.8) is 0 Å². The number of hydrogen-bond donors (Lipinski definition) is 1. The lowest BCUT2D eigenvalue weighted by molar-refractivity contribution is -0.152. The molecule has 2 heterocycles. The van der Waals surface area contributed by atoms with Crippen molar-refractivity contribution in [2.45, 2.75) is 32.4 Å². The molecule has 1 aromatic rings. The van der Waals surface area contributed by atoms with E-state index in [1.54, 1.807) is 6.20 Å². The Balaban J connectivity index is 0.00000144. The monoisotopic (exact) mass is 260 g/mol. The molecule has 0 spiro atoms. The molecule has 0 unspecified atom stereocenters. The number of halogens is 1. The molecule has 1 aliphatic heterocycles. The summed E-state index contributed by atoms with van der Waals surface area (Å²) in [5.41, 5.74) is 0. The van der Waals surface area contributed by atoms with E-state index in [0.717, 1.165) is 18.8 Å². The van der Waals surface area contributed by atoms with Gasteiger partial charge in [0.2, 0.25) is 0 Å². The first kappa shape index (κ1) is 14.0. The second kappa shape index (κ2) is 6.02. The fraction of sp³-hybridized carbons (Fsp3) is 0.636. The summed E-state index contributed by atoms with van der Waals surface area (Å²) in [6.07, 6.45) is 4.61. The molecule has 0 bridgehead atoms. The summed E-state index contributed by atoms with van der Waals surface area (Å²) in [5.74, 6) is -0.536. The van der Waals surface area contributed by atoms with Crippen LogP contribution < -0.4 is 0 Å². The van der Waals surface area contributed by atoms with Crippen molar-refractivity contribution in [2.75, 3.05) is 6.61 Å². The third-order valence-electron chi connectivity index (χ3n) is 2.98. The first-order valence-electron chi connectivity index (χ1n) is 5.59. The highest BCUT2D eigenvalue weighted by atomic mass is 35.5. The van der Waals surface area contributed by atoms with Gasteiger partial charge in [-0.05, 0) is 19.8 Å². The Hall–Kier alpha value is -1.07. The number of aromatic nitrogens is 2. The van der Waals surface area contributed by atoms with Gasteiger partial charge in [0.1, 0.15) is 11.9 Å². The lowest BCUT2D eigenvalue weighted by Gasteiger charge is -2.28. The van der Waals surface area contributed by atoms with Crippen molar-refractivity contribution < 1.29 is 14.6 Å². The molecule has 0 aliphatic carbocycles. The van der Waals surface area contributed by atoms with Gasteiger partial charge < -0.3 is 14.4 Å². The SMILES string of the molecule is CCn1ccnc1[C@@H]1OCCC[C@H]1C(=O)O.Cl. The van der Waals surface area contributed by atoms with E-state index >= 15 is 0 Å². The zero-order valence-electron chi connectivity index (χ0n) is 9.70. The standard InChI is InChI=1S/C11H16N2O3.ClH/c1-2-13-6-5-12-10(13)9-8(11(14)15)4-3-7-16-9;/h5-6,8-9H,2-4,7H2,1H3,(H,14,15);1H/t8-,9-;/m1./s1. The molecule has 2 rings (SSSR count). The van der Waals surface area contributed by atoms with E-state index in [-0.39, 0.29) is 12.4 Å². The van der Waals surface area contributed by atoms with Gasteiger partial charge in [0.25, 0.3) is 0 Å². The highest BCUT2D eigenvalue weighted by Crippen LogP contribution is 2.32. The molecule has 1 aliphatic rings.